The zero-order valence-electron chi connectivity index (χ0n) is 24.3. The normalized spacial score (nSPS) is 12.0. The molecule has 0 amide bonds. The molecule has 1 atom stereocenters. The minimum Gasteiger partial charge on any atom is -0.356 e. The lowest BCUT2D eigenvalue weighted by atomic mass is 9.96. The Labute approximate surface area is 241 Å². The molecule has 0 N–H and O–H groups in total. The molecular formula is C34H35N5O2. The highest BCUT2D eigenvalue weighted by molar-refractivity contribution is 5.97. The van der Waals surface area contributed by atoms with Gasteiger partial charge in [-0.1, -0.05) is 47.6 Å². The lowest BCUT2D eigenvalue weighted by molar-refractivity contribution is 0.0993. The summed E-state index contributed by atoms with van der Waals surface area (Å²) in [5.74, 6) is 1.52. The molecule has 0 aliphatic carbocycles. The van der Waals surface area contributed by atoms with E-state index < -0.39 is 0 Å². The van der Waals surface area contributed by atoms with Crippen molar-refractivity contribution in [1.82, 2.24) is 25.0 Å². The van der Waals surface area contributed by atoms with Crippen LogP contribution in [-0.2, 0) is 19.3 Å². The van der Waals surface area contributed by atoms with Crippen LogP contribution in [0.3, 0.4) is 0 Å². The first-order valence-electron chi connectivity index (χ1n) is 13.8. The molecule has 208 valence electrons. The summed E-state index contributed by atoms with van der Waals surface area (Å²) in [7, 11) is 4.17. The first kappa shape index (κ1) is 28.1. The second-order valence-electron chi connectivity index (χ2n) is 10.9. The van der Waals surface area contributed by atoms with E-state index in [-0.39, 0.29) is 5.78 Å². The summed E-state index contributed by atoms with van der Waals surface area (Å²) < 4.78 is 5.40. The van der Waals surface area contributed by atoms with Gasteiger partial charge in [0.15, 0.2) is 11.5 Å². The number of aromatic nitrogens is 4. The number of likely N-dealkylation sites (N-methyl/N-ethyl adjacent to an activating group) is 1. The maximum atomic E-state index is 13.1. The number of hydrogen-bond donors (Lipinski definition) is 0. The summed E-state index contributed by atoms with van der Waals surface area (Å²) in [5.41, 5.74) is 8.66. The summed E-state index contributed by atoms with van der Waals surface area (Å²) >= 11 is 0. The standard InChI is InChI=1S/C34H35N5O2/c1-22-6-7-26(16-32(40)27-10-8-25(9-11-27)14-24(3)39(4)5)15-28(22)18-33-36-13-12-31(38-33)29-17-30(21-35-20-29)34-23(2)19-37-41-34/h6-13,15,17,19-21,24H,14,16,18H2,1-5H3. The Kier molecular flexibility index (Phi) is 8.45. The van der Waals surface area contributed by atoms with Crippen molar-refractivity contribution in [3.8, 4) is 22.6 Å². The second kappa shape index (κ2) is 12.4. The molecule has 1 unspecified atom stereocenters. The number of rotatable bonds is 10. The van der Waals surface area contributed by atoms with Crippen LogP contribution in [0.4, 0.5) is 0 Å². The molecule has 41 heavy (non-hydrogen) atoms. The molecule has 2 aromatic carbocycles. The van der Waals surface area contributed by atoms with Crippen molar-refractivity contribution >= 4 is 5.78 Å². The molecule has 0 aliphatic rings. The van der Waals surface area contributed by atoms with Gasteiger partial charge in [0.25, 0.3) is 0 Å². The summed E-state index contributed by atoms with van der Waals surface area (Å²) in [4.78, 5) is 29.1. The Balaban J connectivity index is 1.30. The number of Topliss-reactive ketones (excluding diaryl/α,β-unsaturated/α-hetero) is 1. The monoisotopic (exact) mass is 545 g/mol. The van der Waals surface area contributed by atoms with Gasteiger partial charge >= 0.3 is 0 Å². The van der Waals surface area contributed by atoms with Crippen molar-refractivity contribution in [1.29, 1.82) is 0 Å². The maximum absolute atomic E-state index is 13.1. The molecule has 3 heterocycles. The number of benzene rings is 2. The highest BCUT2D eigenvalue weighted by atomic mass is 16.5. The van der Waals surface area contributed by atoms with Crippen LogP contribution < -0.4 is 0 Å². The van der Waals surface area contributed by atoms with E-state index in [4.69, 9.17) is 9.51 Å². The molecule has 0 spiro atoms. The SMILES string of the molecule is Cc1ccc(CC(=O)c2ccc(CC(C)N(C)C)cc2)cc1Cc1nccc(-c2cncc(-c3oncc3C)c2)n1. The maximum Gasteiger partial charge on any atom is 0.171 e. The minimum absolute atomic E-state index is 0.111. The summed E-state index contributed by atoms with van der Waals surface area (Å²) in [6.45, 7) is 6.23. The zero-order chi connectivity index (χ0) is 28.9. The molecular weight excluding hydrogens is 510 g/mol. The van der Waals surface area contributed by atoms with Crippen LogP contribution in [0.2, 0.25) is 0 Å². The van der Waals surface area contributed by atoms with Crippen molar-refractivity contribution in [3.05, 3.63) is 119 Å². The van der Waals surface area contributed by atoms with Crippen LogP contribution in [0, 0.1) is 13.8 Å². The van der Waals surface area contributed by atoms with Gasteiger partial charge in [-0.05, 0) is 75.7 Å². The third-order valence-electron chi connectivity index (χ3n) is 7.57. The molecule has 0 radical (unpaired) electrons. The predicted molar refractivity (Wildman–Crippen MR) is 161 cm³/mol. The van der Waals surface area contributed by atoms with Gasteiger partial charge in [0.2, 0.25) is 0 Å². The highest BCUT2D eigenvalue weighted by Crippen LogP contribution is 2.27. The third-order valence-corrected chi connectivity index (χ3v) is 7.57. The molecule has 0 saturated heterocycles. The number of aryl methyl sites for hydroxylation is 2. The molecule has 5 rings (SSSR count). The third kappa shape index (κ3) is 6.81. The molecule has 3 aromatic heterocycles. The van der Waals surface area contributed by atoms with Crippen LogP contribution in [0.15, 0.2) is 83.9 Å². The summed E-state index contributed by atoms with van der Waals surface area (Å²) in [6.07, 6.45) is 8.88. The number of hydrogen-bond acceptors (Lipinski definition) is 7. The van der Waals surface area contributed by atoms with E-state index in [9.17, 15) is 4.79 Å². The Morgan fingerprint density at radius 1 is 0.902 bits per heavy atom. The van der Waals surface area contributed by atoms with Crippen molar-refractivity contribution < 1.29 is 9.32 Å². The van der Waals surface area contributed by atoms with E-state index in [1.165, 1.54) is 5.56 Å². The van der Waals surface area contributed by atoms with Gasteiger partial charge < -0.3 is 9.42 Å². The van der Waals surface area contributed by atoms with Gasteiger partial charge in [-0.25, -0.2) is 9.97 Å². The van der Waals surface area contributed by atoms with Crippen molar-refractivity contribution in [2.45, 2.75) is 46.1 Å². The fourth-order valence-electron chi connectivity index (χ4n) is 4.75. The van der Waals surface area contributed by atoms with Gasteiger partial charge in [0.1, 0.15) is 5.82 Å². The lowest BCUT2D eigenvalue weighted by Crippen LogP contribution is -2.26. The number of pyridine rings is 1. The fourth-order valence-corrected chi connectivity index (χ4v) is 4.75. The highest BCUT2D eigenvalue weighted by Gasteiger charge is 2.13. The first-order valence-corrected chi connectivity index (χ1v) is 13.8. The fraction of sp³-hybridized carbons (Fsp3) is 0.265. The number of ketones is 1. The Hall–Kier alpha value is -4.49. The van der Waals surface area contributed by atoms with Crippen LogP contribution >= 0.6 is 0 Å². The van der Waals surface area contributed by atoms with Crippen molar-refractivity contribution in [2.24, 2.45) is 0 Å². The van der Waals surface area contributed by atoms with Crippen LogP contribution in [0.1, 0.15) is 50.9 Å². The average molecular weight is 546 g/mol. The zero-order valence-corrected chi connectivity index (χ0v) is 24.3. The molecule has 7 nitrogen and oxygen atoms in total. The van der Waals surface area contributed by atoms with Crippen molar-refractivity contribution in [3.63, 3.8) is 0 Å². The van der Waals surface area contributed by atoms with E-state index in [1.807, 2.05) is 37.3 Å². The number of carbonyl (C=O) groups excluding carboxylic acids is 1. The minimum atomic E-state index is 0.111. The first-order chi connectivity index (χ1) is 19.8. The van der Waals surface area contributed by atoms with Gasteiger partial charge in [-0.2, -0.15) is 0 Å². The number of nitrogens with zero attached hydrogens (tertiary/aromatic N) is 5. The molecule has 0 saturated carbocycles. The Morgan fingerprint density at radius 2 is 1.66 bits per heavy atom. The number of carbonyl (C=O) groups is 1. The lowest BCUT2D eigenvalue weighted by Gasteiger charge is -2.19. The van der Waals surface area contributed by atoms with Gasteiger partial charge in [-0.15, -0.1) is 0 Å². The molecule has 7 heteroatoms. The van der Waals surface area contributed by atoms with E-state index in [0.717, 1.165) is 51.1 Å². The van der Waals surface area contributed by atoms with Crippen LogP contribution in [-0.4, -0.2) is 50.9 Å². The molecule has 5 aromatic rings. The van der Waals surface area contributed by atoms with Gasteiger partial charge in [0.05, 0.1) is 11.9 Å². The molecule has 0 bridgehead atoms. The molecule has 0 aliphatic heterocycles. The predicted octanol–water partition coefficient (Wildman–Crippen LogP) is 6.32. The van der Waals surface area contributed by atoms with Crippen LogP contribution in [0.5, 0.6) is 0 Å². The largest absolute Gasteiger partial charge is 0.356 e. The average Bonchev–Trinajstić information content (AvgIpc) is 3.41. The van der Waals surface area contributed by atoms with Crippen molar-refractivity contribution in [2.75, 3.05) is 14.1 Å². The summed E-state index contributed by atoms with van der Waals surface area (Å²) in [6, 6.07) is 18.6. The van der Waals surface area contributed by atoms with Gasteiger partial charge in [0, 0.05) is 59.7 Å². The van der Waals surface area contributed by atoms with E-state index in [1.54, 1.807) is 24.8 Å². The Morgan fingerprint density at radius 3 is 2.39 bits per heavy atom. The second-order valence-corrected chi connectivity index (χ2v) is 10.9. The quantitative estimate of drug-likeness (QED) is 0.190. The topological polar surface area (TPSA) is 85.0 Å². The van der Waals surface area contributed by atoms with Gasteiger partial charge in [-0.3, -0.25) is 9.78 Å². The van der Waals surface area contributed by atoms with Crippen LogP contribution in [0.25, 0.3) is 22.6 Å². The smallest absolute Gasteiger partial charge is 0.171 e. The Bertz CT molecular complexity index is 1660. The van der Waals surface area contributed by atoms with E-state index in [0.29, 0.717) is 30.5 Å². The summed E-state index contributed by atoms with van der Waals surface area (Å²) in [5, 5.41) is 3.88. The van der Waals surface area contributed by atoms with E-state index >= 15 is 0 Å². The molecule has 0 fully saturated rings. The van der Waals surface area contributed by atoms with E-state index in [2.05, 4.69) is 72.2 Å².